The second-order valence-electron chi connectivity index (χ2n) is 6.47. The molecule has 2 aromatic carbocycles. The van der Waals surface area contributed by atoms with Gasteiger partial charge in [0.1, 0.15) is 6.54 Å². The molecule has 3 N–H and O–H groups in total. The topological polar surface area (TPSA) is 79.3 Å². The van der Waals surface area contributed by atoms with Crippen molar-refractivity contribution < 1.29 is 22.9 Å². The molecule has 0 aliphatic heterocycles. The molecule has 0 saturated heterocycles. The van der Waals surface area contributed by atoms with E-state index in [-0.39, 0.29) is 24.3 Å². The Morgan fingerprint density at radius 2 is 1.93 bits per heavy atom. The van der Waals surface area contributed by atoms with Gasteiger partial charge in [0.05, 0.1) is 23.5 Å². The van der Waals surface area contributed by atoms with Crippen LogP contribution >= 0.6 is 0 Å². The minimum absolute atomic E-state index is 0.00716. The number of hydrogen-bond acceptors (Lipinski definition) is 3. The Labute approximate surface area is 158 Å². The molecular formula is C19H18F3N4O2+. The summed E-state index contributed by atoms with van der Waals surface area (Å²) in [6, 6.07) is 11.4. The lowest BCUT2D eigenvalue weighted by Gasteiger charge is -2.14. The number of carbonyl (C=O) groups is 1. The summed E-state index contributed by atoms with van der Waals surface area (Å²) < 4.78 is 38.2. The van der Waals surface area contributed by atoms with Crippen molar-refractivity contribution in [2.24, 2.45) is 0 Å². The lowest BCUT2D eigenvalue weighted by atomic mass is 10.2. The van der Waals surface area contributed by atoms with Gasteiger partial charge in [0.25, 0.3) is 11.5 Å². The van der Waals surface area contributed by atoms with Crippen molar-refractivity contribution in [1.82, 2.24) is 9.97 Å². The second-order valence-corrected chi connectivity index (χ2v) is 6.47. The second kappa shape index (κ2) is 7.81. The Balaban J connectivity index is 1.64. The Morgan fingerprint density at radius 3 is 2.68 bits per heavy atom. The zero-order valence-electron chi connectivity index (χ0n) is 14.9. The molecule has 0 aliphatic carbocycles. The standard InChI is InChI=1S/C19H17F3N4O2/c1-26(10-16-24-15-8-3-2-7-14(15)18(28)25-16)11-17(27)23-13-6-4-5-12(9-13)19(20,21)22/h2-9H,10-11H2,1H3,(H,23,27)(H,24,25,28)/p+1. The van der Waals surface area contributed by atoms with E-state index in [1.165, 1.54) is 12.1 Å². The molecular weight excluding hydrogens is 373 g/mol. The van der Waals surface area contributed by atoms with E-state index in [1.54, 1.807) is 31.3 Å². The largest absolute Gasteiger partial charge is 0.416 e. The molecule has 1 unspecified atom stereocenters. The molecule has 3 rings (SSSR count). The molecule has 0 saturated carbocycles. The summed E-state index contributed by atoms with van der Waals surface area (Å²) in [5, 5.41) is 2.94. The summed E-state index contributed by atoms with van der Waals surface area (Å²) >= 11 is 0. The number of halogens is 3. The Morgan fingerprint density at radius 1 is 1.18 bits per heavy atom. The third-order valence-corrected chi connectivity index (χ3v) is 4.07. The zero-order chi connectivity index (χ0) is 20.3. The minimum atomic E-state index is -4.48. The fourth-order valence-corrected chi connectivity index (χ4v) is 2.82. The van der Waals surface area contributed by atoms with Gasteiger partial charge in [-0.05, 0) is 30.3 Å². The molecule has 28 heavy (non-hydrogen) atoms. The maximum Gasteiger partial charge on any atom is 0.416 e. The highest BCUT2D eigenvalue weighted by Crippen LogP contribution is 2.30. The number of hydrogen-bond donors (Lipinski definition) is 3. The van der Waals surface area contributed by atoms with Crippen LogP contribution in [0.15, 0.2) is 53.3 Å². The van der Waals surface area contributed by atoms with Crippen LogP contribution in [0, 0.1) is 0 Å². The first-order chi connectivity index (χ1) is 13.2. The van der Waals surface area contributed by atoms with E-state index in [2.05, 4.69) is 15.3 Å². The van der Waals surface area contributed by atoms with Crippen molar-refractivity contribution >= 4 is 22.5 Å². The average Bonchev–Trinajstić information content (AvgIpc) is 2.61. The fourth-order valence-electron chi connectivity index (χ4n) is 2.82. The molecule has 3 aromatic rings. The number of benzene rings is 2. The van der Waals surface area contributed by atoms with Crippen LogP contribution in [0.4, 0.5) is 18.9 Å². The number of fused-ring (bicyclic) bond motifs is 1. The lowest BCUT2D eigenvalue weighted by Crippen LogP contribution is -3.08. The molecule has 1 heterocycles. The predicted octanol–water partition coefficient (Wildman–Crippen LogP) is 1.60. The lowest BCUT2D eigenvalue weighted by molar-refractivity contribution is -0.885. The van der Waals surface area contributed by atoms with Crippen LogP contribution in [-0.4, -0.2) is 29.5 Å². The maximum atomic E-state index is 12.7. The summed E-state index contributed by atoms with van der Waals surface area (Å²) in [6.45, 7) is 0.267. The van der Waals surface area contributed by atoms with E-state index in [4.69, 9.17) is 0 Å². The summed E-state index contributed by atoms with van der Waals surface area (Å²) in [5.41, 5.74) is -0.460. The number of aromatic amines is 1. The number of carbonyl (C=O) groups excluding carboxylic acids is 1. The van der Waals surface area contributed by atoms with E-state index < -0.39 is 17.6 Å². The summed E-state index contributed by atoms with van der Waals surface area (Å²) in [4.78, 5) is 32.0. The van der Waals surface area contributed by atoms with Gasteiger partial charge in [0, 0.05) is 5.69 Å². The van der Waals surface area contributed by atoms with Crippen LogP contribution in [-0.2, 0) is 17.5 Å². The number of H-pyrrole nitrogens is 1. The summed E-state index contributed by atoms with van der Waals surface area (Å²) in [6.07, 6.45) is -4.48. The first-order valence-electron chi connectivity index (χ1n) is 8.49. The van der Waals surface area contributed by atoms with Crippen LogP contribution < -0.4 is 15.8 Å². The van der Waals surface area contributed by atoms with Crippen molar-refractivity contribution in [3.63, 3.8) is 0 Å². The van der Waals surface area contributed by atoms with Crippen molar-refractivity contribution in [2.75, 3.05) is 18.9 Å². The van der Waals surface area contributed by atoms with Gasteiger partial charge >= 0.3 is 6.18 Å². The third-order valence-electron chi connectivity index (χ3n) is 4.07. The zero-order valence-corrected chi connectivity index (χ0v) is 14.9. The number of alkyl halides is 3. The summed E-state index contributed by atoms with van der Waals surface area (Å²) in [7, 11) is 1.72. The van der Waals surface area contributed by atoms with Crippen molar-refractivity contribution in [1.29, 1.82) is 0 Å². The molecule has 1 amide bonds. The number of para-hydroxylation sites is 1. The van der Waals surface area contributed by atoms with E-state index in [0.29, 0.717) is 21.6 Å². The summed E-state index contributed by atoms with van der Waals surface area (Å²) in [5.74, 6) is -0.0203. The molecule has 9 heteroatoms. The van der Waals surface area contributed by atoms with Crippen molar-refractivity contribution in [3.8, 4) is 0 Å². The van der Waals surface area contributed by atoms with E-state index in [9.17, 15) is 22.8 Å². The molecule has 0 fully saturated rings. The number of aromatic nitrogens is 2. The van der Waals surface area contributed by atoms with Gasteiger partial charge in [-0.25, -0.2) is 4.98 Å². The number of nitrogens with zero attached hydrogens (tertiary/aromatic N) is 1. The predicted molar refractivity (Wildman–Crippen MR) is 97.9 cm³/mol. The Kier molecular flexibility index (Phi) is 5.46. The number of nitrogens with one attached hydrogen (secondary N) is 3. The highest BCUT2D eigenvalue weighted by atomic mass is 19.4. The monoisotopic (exact) mass is 391 g/mol. The number of amides is 1. The normalized spacial score (nSPS) is 12.7. The number of anilines is 1. The molecule has 0 spiro atoms. The molecule has 0 bridgehead atoms. The van der Waals surface area contributed by atoms with Gasteiger partial charge in [-0.1, -0.05) is 18.2 Å². The average molecular weight is 391 g/mol. The smallest absolute Gasteiger partial charge is 0.323 e. The first kappa shape index (κ1) is 19.6. The van der Waals surface area contributed by atoms with Crippen LogP contribution in [0.2, 0.25) is 0 Å². The van der Waals surface area contributed by atoms with Gasteiger partial charge in [0.15, 0.2) is 12.4 Å². The number of quaternary nitrogens is 1. The number of rotatable bonds is 5. The number of likely N-dealkylation sites (N-methyl/N-ethyl adjacent to an activating group) is 1. The van der Waals surface area contributed by atoms with E-state index >= 15 is 0 Å². The van der Waals surface area contributed by atoms with Gasteiger partial charge in [-0.2, -0.15) is 13.2 Å². The quantitative estimate of drug-likeness (QED) is 0.618. The van der Waals surface area contributed by atoms with Gasteiger partial charge in [-0.15, -0.1) is 0 Å². The van der Waals surface area contributed by atoms with E-state index in [1.807, 2.05) is 0 Å². The van der Waals surface area contributed by atoms with Crippen LogP contribution in [0.5, 0.6) is 0 Å². The SMILES string of the molecule is C[NH+](CC(=O)Nc1cccc(C(F)(F)F)c1)Cc1nc2ccccc2c(=O)[nH]1. The first-order valence-corrected chi connectivity index (χ1v) is 8.49. The maximum absolute atomic E-state index is 12.7. The van der Waals surface area contributed by atoms with Crippen molar-refractivity contribution in [3.05, 3.63) is 70.3 Å². The van der Waals surface area contributed by atoms with Crippen molar-refractivity contribution in [2.45, 2.75) is 12.7 Å². The molecule has 0 aliphatic rings. The Hall–Kier alpha value is -3.20. The minimum Gasteiger partial charge on any atom is -0.323 e. The molecule has 146 valence electrons. The molecule has 0 radical (unpaired) electrons. The van der Waals surface area contributed by atoms with Gasteiger partial charge in [-0.3, -0.25) is 9.59 Å². The van der Waals surface area contributed by atoms with Crippen LogP contribution in [0.3, 0.4) is 0 Å². The Bertz CT molecular complexity index is 1060. The fraction of sp³-hybridized carbons (Fsp3) is 0.211. The molecule has 6 nitrogen and oxygen atoms in total. The highest BCUT2D eigenvalue weighted by molar-refractivity contribution is 5.91. The molecule has 1 aromatic heterocycles. The van der Waals surface area contributed by atoms with Crippen LogP contribution in [0.25, 0.3) is 10.9 Å². The van der Waals surface area contributed by atoms with Gasteiger partial charge in [0.2, 0.25) is 0 Å². The highest BCUT2D eigenvalue weighted by Gasteiger charge is 2.30. The van der Waals surface area contributed by atoms with Crippen LogP contribution in [0.1, 0.15) is 11.4 Å². The van der Waals surface area contributed by atoms with E-state index in [0.717, 1.165) is 12.1 Å². The molecule has 1 atom stereocenters. The van der Waals surface area contributed by atoms with Gasteiger partial charge < -0.3 is 15.2 Å². The third kappa shape index (κ3) is 4.74.